The fraction of sp³-hybridized carbons (Fsp3) is 0.333. The molecule has 11 heavy (non-hydrogen) atoms. The van der Waals surface area contributed by atoms with Crippen LogP contribution in [-0.4, -0.2) is 21.0 Å². The molecular formula is C6H7FN2O2. The third-order valence-corrected chi connectivity index (χ3v) is 1.15. The Morgan fingerprint density at radius 2 is 2.55 bits per heavy atom. The third-order valence-electron chi connectivity index (χ3n) is 1.15. The van der Waals surface area contributed by atoms with Crippen molar-refractivity contribution >= 4 is 5.97 Å². The third kappa shape index (κ3) is 2.03. The molecule has 0 aromatic carbocycles. The van der Waals surface area contributed by atoms with Crippen LogP contribution in [0.5, 0.6) is 0 Å². The van der Waals surface area contributed by atoms with Gasteiger partial charge in [0.2, 0.25) is 0 Å². The van der Waals surface area contributed by atoms with E-state index >= 15 is 0 Å². The van der Waals surface area contributed by atoms with E-state index in [2.05, 4.69) is 9.97 Å². The second kappa shape index (κ2) is 3.14. The Hall–Kier alpha value is -1.39. The number of carboxylic acids is 1. The van der Waals surface area contributed by atoms with Crippen molar-refractivity contribution in [2.24, 2.45) is 0 Å². The summed E-state index contributed by atoms with van der Waals surface area (Å²) in [7, 11) is 0. The minimum Gasteiger partial charge on any atom is -0.481 e. The molecule has 0 aliphatic rings. The van der Waals surface area contributed by atoms with Gasteiger partial charge in [0.05, 0.1) is 6.42 Å². The van der Waals surface area contributed by atoms with E-state index in [1.165, 1.54) is 6.20 Å². The van der Waals surface area contributed by atoms with Crippen LogP contribution >= 0.6 is 0 Å². The number of aromatic amines is 1. The Morgan fingerprint density at radius 1 is 1.82 bits per heavy atom. The average Bonchev–Trinajstić information content (AvgIpc) is 2.34. The maximum absolute atomic E-state index is 11.8. The zero-order valence-electron chi connectivity index (χ0n) is 5.67. The van der Waals surface area contributed by atoms with Crippen LogP contribution < -0.4 is 0 Å². The van der Waals surface area contributed by atoms with Gasteiger partial charge in [-0.05, 0) is 0 Å². The van der Waals surface area contributed by atoms with Crippen molar-refractivity contribution in [1.29, 1.82) is 0 Å². The molecule has 0 amide bonds. The number of aromatic nitrogens is 2. The first-order chi connectivity index (χ1) is 5.22. The van der Waals surface area contributed by atoms with Crippen LogP contribution in [0, 0.1) is 0 Å². The van der Waals surface area contributed by atoms with E-state index in [-0.39, 0.29) is 12.2 Å². The predicted octanol–water partition coefficient (Wildman–Crippen LogP) is 0.506. The normalized spacial score (nSPS) is 9.91. The van der Waals surface area contributed by atoms with E-state index in [9.17, 15) is 9.18 Å². The van der Waals surface area contributed by atoms with Crippen LogP contribution in [0.4, 0.5) is 4.39 Å². The lowest BCUT2D eigenvalue weighted by molar-refractivity contribution is -0.136. The Kier molecular flexibility index (Phi) is 2.20. The molecule has 0 bridgehead atoms. The number of nitrogens with one attached hydrogen (secondary N) is 1. The quantitative estimate of drug-likeness (QED) is 0.673. The number of alkyl halides is 1. The number of halogens is 1. The molecule has 60 valence electrons. The number of imidazole rings is 1. The Morgan fingerprint density at radius 3 is 3.00 bits per heavy atom. The molecule has 0 aliphatic heterocycles. The summed E-state index contributed by atoms with van der Waals surface area (Å²) in [5, 5.41) is 8.31. The van der Waals surface area contributed by atoms with Gasteiger partial charge in [0.15, 0.2) is 0 Å². The zero-order chi connectivity index (χ0) is 8.27. The molecule has 0 saturated heterocycles. The minimum atomic E-state index is -0.959. The van der Waals surface area contributed by atoms with Gasteiger partial charge < -0.3 is 10.1 Å². The molecule has 4 nitrogen and oxygen atoms in total. The van der Waals surface area contributed by atoms with Crippen molar-refractivity contribution in [3.05, 3.63) is 17.7 Å². The van der Waals surface area contributed by atoms with Crippen LogP contribution in [0.1, 0.15) is 11.5 Å². The van der Waals surface area contributed by atoms with Gasteiger partial charge in [-0.3, -0.25) is 4.79 Å². The SMILES string of the molecule is O=C(O)Cc1cnc(CF)[nH]1. The van der Waals surface area contributed by atoms with Gasteiger partial charge in [0, 0.05) is 11.9 Å². The van der Waals surface area contributed by atoms with Gasteiger partial charge in [-0.1, -0.05) is 0 Å². The van der Waals surface area contributed by atoms with Crippen molar-refractivity contribution in [3.63, 3.8) is 0 Å². The second-order valence-electron chi connectivity index (χ2n) is 2.06. The number of carboxylic acid groups (broad SMARTS) is 1. The summed E-state index contributed by atoms with van der Waals surface area (Å²) in [6.45, 7) is -0.695. The number of aliphatic carboxylic acids is 1. The predicted molar refractivity (Wildman–Crippen MR) is 34.7 cm³/mol. The molecule has 1 heterocycles. The van der Waals surface area contributed by atoms with Gasteiger partial charge >= 0.3 is 5.97 Å². The number of rotatable bonds is 3. The van der Waals surface area contributed by atoms with Crippen molar-refractivity contribution in [2.75, 3.05) is 0 Å². The summed E-state index contributed by atoms with van der Waals surface area (Å²) in [6, 6.07) is 0. The summed E-state index contributed by atoms with van der Waals surface area (Å²) in [5.74, 6) is -0.791. The van der Waals surface area contributed by atoms with E-state index in [0.717, 1.165) is 0 Å². The first kappa shape index (κ1) is 7.71. The molecule has 0 fully saturated rings. The number of carbonyl (C=O) groups is 1. The standard InChI is InChI=1S/C6H7FN2O2/c7-2-5-8-3-4(9-5)1-6(10)11/h3H,1-2H2,(H,8,9)(H,10,11). The van der Waals surface area contributed by atoms with Crippen LogP contribution in [0.2, 0.25) is 0 Å². The zero-order valence-corrected chi connectivity index (χ0v) is 5.67. The Balaban J connectivity index is 2.65. The lowest BCUT2D eigenvalue weighted by Crippen LogP contribution is -2.00. The molecule has 0 spiro atoms. The lowest BCUT2D eigenvalue weighted by Gasteiger charge is -1.87. The molecule has 0 unspecified atom stereocenters. The smallest absolute Gasteiger partial charge is 0.309 e. The number of H-pyrrole nitrogens is 1. The maximum Gasteiger partial charge on any atom is 0.309 e. The fourth-order valence-electron chi connectivity index (χ4n) is 0.726. The summed E-state index contributed by atoms with van der Waals surface area (Å²) in [4.78, 5) is 16.2. The van der Waals surface area contributed by atoms with Crippen molar-refractivity contribution in [1.82, 2.24) is 9.97 Å². The largest absolute Gasteiger partial charge is 0.481 e. The van der Waals surface area contributed by atoms with Crippen molar-refractivity contribution in [2.45, 2.75) is 13.1 Å². The molecule has 1 aromatic heterocycles. The van der Waals surface area contributed by atoms with E-state index < -0.39 is 12.6 Å². The summed E-state index contributed by atoms with van der Waals surface area (Å²) in [5.41, 5.74) is 0.421. The molecule has 0 aliphatic carbocycles. The molecule has 0 radical (unpaired) electrons. The second-order valence-corrected chi connectivity index (χ2v) is 2.06. The number of hydrogen-bond donors (Lipinski definition) is 2. The highest BCUT2D eigenvalue weighted by atomic mass is 19.1. The molecule has 0 saturated carbocycles. The summed E-state index contributed by atoms with van der Waals surface area (Å²) >= 11 is 0. The van der Waals surface area contributed by atoms with E-state index in [4.69, 9.17) is 5.11 Å². The average molecular weight is 158 g/mol. The molecule has 1 rings (SSSR count). The molecule has 1 aromatic rings. The monoisotopic (exact) mass is 158 g/mol. The van der Waals surface area contributed by atoms with Gasteiger partial charge in [0.25, 0.3) is 0 Å². The summed E-state index contributed by atoms with van der Waals surface area (Å²) in [6.07, 6.45) is 1.18. The molecule has 2 N–H and O–H groups in total. The molecule has 0 atom stereocenters. The Bertz CT molecular complexity index is 259. The van der Waals surface area contributed by atoms with Crippen LogP contribution in [0.15, 0.2) is 6.20 Å². The van der Waals surface area contributed by atoms with Gasteiger partial charge in [-0.25, -0.2) is 9.37 Å². The highest BCUT2D eigenvalue weighted by Gasteiger charge is 2.03. The van der Waals surface area contributed by atoms with Gasteiger partial charge in [-0.15, -0.1) is 0 Å². The number of nitrogens with zero attached hydrogens (tertiary/aromatic N) is 1. The van der Waals surface area contributed by atoms with E-state index in [1.807, 2.05) is 0 Å². The first-order valence-corrected chi connectivity index (χ1v) is 3.03. The van der Waals surface area contributed by atoms with Crippen molar-refractivity contribution < 1.29 is 14.3 Å². The highest BCUT2D eigenvalue weighted by Crippen LogP contribution is 1.98. The fourth-order valence-corrected chi connectivity index (χ4v) is 0.726. The lowest BCUT2D eigenvalue weighted by atomic mass is 10.3. The highest BCUT2D eigenvalue weighted by molar-refractivity contribution is 5.69. The number of hydrogen-bond acceptors (Lipinski definition) is 2. The van der Waals surface area contributed by atoms with Gasteiger partial charge in [-0.2, -0.15) is 0 Å². The maximum atomic E-state index is 11.8. The Labute approximate surface area is 62.1 Å². The minimum absolute atomic E-state index is 0.146. The topological polar surface area (TPSA) is 66.0 Å². The molecule has 5 heteroatoms. The van der Waals surface area contributed by atoms with Crippen LogP contribution in [0.3, 0.4) is 0 Å². The summed E-state index contributed by atoms with van der Waals surface area (Å²) < 4.78 is 11.8. The van der Waals surface area contributed by atoms with Crippen LogP contribution in [-0.2, 0) is 17.9 Å². The van der Waals surface area contributed by atoms with Crippen molar-refractivity contribution in [3.8, 4) is 0 Å². The van der Waals surface area contributed by atoms with Gasteiger partial charge in [0.1, 0.15) is 12.5 Å². The van der Waals surface area contributed by atoms with E-state index in [1.54, 1.807) is 0 Å². The van der Waals surface area contributed by atoms with Crippen LogP contribution in [0.25, 0.3) is 0 Å². The van der Waals surface area contributed by atoms with E-state index in [0.29, 0.717) is 5.69 Å². The first-order valence-electron chi connectivity index (χ1n) is 3.03. The molecular weight excluding hydrogens is 151 g/mol.